The van der Waals surface area contributed by atoms with Gasteiger partial charge in [0.25, 0.3) is 0 Å². The van der Waals surface area contributed by atoms with Crippen molar-refractivity contribution in [3.05, 3.63) is 34.9 Å². The molecule has 0 aliphatic carbocycles. The topological polar surface area (TPSA) is 80.3 Å². The third kappa shape index (κ3) is 15.3. The minimum atomic E-state index is -2.49. The summed E-state index contributed by atoms with van der Waals surface area (Å²) in [6.45, 7) is 11.9. The minimum Gasteiger partial charge on any atom is -0.434 e. The molecule has 0 fully saturated rings. The van der Waals surface area contributed by atoms with Crippen molar-refractivity contribution in [1.29, 1.82) is 0 Å². The highest BCUT2D eigenvalue weighted by Gasteiger charge is 2.39. The summed E-state index contributed by atoms with van der Waals surface area (Å²) in [4.78, 5) is 23.9. The number of carbonyl (C=O) groups is 2. The van der Waals surface area contributed by atoms with Crippen LogP contribution < -0.4 is 0 Å². The van der Waals surface area contributed by atoms with E-state index in [9.17, 15) is 9.59 Å². The molecule has 0 atom stereocenters. The number of rotatable bonds is 22. The summed E-state index contributed by atoms with van der Waals surface area (Å²) >= 11 is 0. The van der Waals surface area contributed by atoms with Crippen LogP contribution in [0.5, 0.6) is 0 Å². The van der Waals surface area contributed by atoms with E-state index in [1.54, 1.807) is 0 Å². The monoisotopic (exact) mass is 538 g/mol. The van der Waals surface area contributed by atoms with E-state index in [4.69, 9.17) is 22.8 Å². The molecular formula is C29H50O7Si. The lowest BCUT2D eigenvalue weighted by atomic mass is 10.0. The van der Waals surface area contributed by atoms with E-state index in [0.717, 1.165) is 48.4 Å². The zero-order valence-electron chi connectivity index (χ0n) is 23.9. The number of hydrogen-bond acceptors (Lipinski definition) is 7. The van der Waals surface area contributed by atoms with Crippen LogP contribution in [0.3, 0.4) is 0 Å². The van der Waals surface area contributed by atoms with E-state index < -0.39 is 15.0 Å². The lowest BCUT2D eigenvalue weighted by Gasteiger charge is -2.28. The van der Waals surface area contributed by atoms with Gasteiger partial charge in [-0.05, 0) is 58.6 Å². The number of carbonyl (C=O) groups excluding carboxylic acids is 2. The minimum absolute atomic E-state index is 0.134. The van der Waals surface area contributed by atoms with Gasteiger partial charge >= 0.3 is 15.0 Å². The second-order valence-electron chi connectivity index (χ2n) is 9.45. The average Bonchev–Trinajstić information content (AvgIpc) is 2.86. The second-order valence-corrected chi connectivity index (χ2v) is 12.2. The maximum absolute atomic E-state index is 12.1. The highest BCUT2D eigenvalue weighted by Crippen LogP contribution is 2.21. The molecule has 0 saturated carbocycles. The number of aryl methyl sites for hydroxylation is 2. The fourth-order valence-electron chi connectivity index (χ4n) is 4.27. The van der Waals surface area contributed by atoms with Gasteiger partial charge in [0, 0.05) is 32.3 Å². The predicted octanol–water partition coefficient (Wildman–Crippen LogP) is 7.13. The molecular weight excluding hydrogens is 488 g/mol. The molecule has 0 amide bonds. The highest BCUT2D eigenvalue weighted by molar-refractivity contribution is 6.60. The predicted molar refractivity (Wildman–Crippen MR) is 149 cm³/mol. The van der Waals surface area contributed by atoms with Crippen LogP contribution in [0.25, 0.3) is 0 Å². The van der Waals surface area contributed by atoms with Gasteiger partial charge in [0.15, 0.2) is 12.4 Å². The first kappa shape index (κ1) is 33.3. The number of unbranched alkanes of at least 4 members (excludes halogenated alkanes) is 8. The zero-order chi connectivity index (χ0) is 27.4. The lowest BCUT2D eigenvalue weighted by Crippen LogP contribution is -2.45. The summed E-state index contributed by atoms with van der Waals surface area (Å²) in [7, 11) is -2.49. The Hall–Kier alpha value is -1.74. The Morgan fingerprint density at radius 3 is 1.84 bits per heavy atom. The fraction of sp³-hybridized carbons (Fsp3) is 0.724. The summed E-state index contributed by atoms with van der Waals surface area (Å²) in [5.41, 5.74) is 3.14. The smallest absolute Gasteiger partial charge is 0.434 e. The molecule has 7 nitrogen and oxygen atoms in total. The zero-order valence-corrected chi connectivity index (χ0v) is 24.9. The summed E-state index contributed by atoms with van der Waals surface area (Å²) < 4.78 is 27.8. The van der Waals surface area contributed by atoms with Crippen LogP contribution in [0.15, 0.2) is 18.2 Å². The van der Waals surface area contributed by atoms with Crippen LogP contribution in [0.4, 0.5) is 4.79 Å². The van der Waals surface area contributed by atoms with Crippen molar-refractivity contribution in [2.24, 2.45) is 0 Å². The summed E-state index contributed by atoms with van der Waals surface area (Å²) in [6.07, 6.45) is 9.55. The quantitative estimate of drug-likeness (QED) is 0.0882. The fourth-order valence-corrected chi connectivity index (χ4v) is 6.96. The maximum Gasteiger partial charge on any atom is 0.508 e. The summed E-state index contributed by atoms with van der Waals surface area (Å²) in [5, 5.41) is 0. The molecule has 0 aromatic heterocycles. The van der Waals surface area contributed by atoms with E-state index in [1.807, 2.05) is 52.8 Å². The van der Waals surface area contributed by atoms with Gasteiger partial charge < -0.3 is 22.8 Å². The van der Waals surface area contributed by atoms with Crippen LogP contribution >= 0.6 is 0 Å². The molecule has 0 unspecified atom stereocenters. The molecule has 0 radical (unpaired) electrons. The highest BCUT2D eigenvalue weighted by atomic mass is 28.4. The van der Waals surface area contributed by atoms with Crippen molar-refractivity contribution < 1.29 is 32.3 Å². The first-order chi connectivity index (χ1) is 17.9. The molecule has 1 rings (SSSR count). The van der Waals surface area contributed by atoms with Crippen molar-refractivity contribution in [3.63, 3.8) is 0 Å². The molecule has 1 aromatic rings. The number of benzene rings is 1. The Morgan fingerprint density at radius 1 is 0.730 bits per heavy atom. The van der Waals surface area contributed by atoms with E-state index in [-0.39, 0.29) is 18.8 Å². The Kier molecular flexibility index (Phi) is 18.2. The van der Waals surface area contributed by atoms with Crippen molar-refractivity contribution in [2.75, 3.05) is 33.0 Å². The van der Waals surface area contributed by atoms with Crippen LogP contribution in [0.2, 0.25) is 6.04 Å². The van der Waals surface area contributed by atoms with Gasteiger partial charge in [-0.15, -0.1) is 0 Å². The lowest BCUT2D eigenvalue weighted by molar-refractivity contribution is -0.122. The molecule has 8 heteroatoms. The molecule has 37 heavy (non-hydrogen) atoms. The molecule has 0 saturated heterocycles. The molecule has 0 heterocycles. The van der Waals surface area contributed by atoms with E-state index in [0.29, 0.717) is 26.4 Å². The number of hydrogen-bond donors (Lipinski definition) is 0. The Bertz CT molecular complexity index is 752. The first-order valence-corrected chi connectivity index (χ1v) is 16.1. The third-order valence-electron chi connectivity index (χ3n) is 6.18. The SMILES string of the molecule is CCO[Si](CCCCCCCCCCCOC(=O)OCC(=O)Cc1cc(C)ccc1C)(OCC)OCC. The van der Waals surface area contributed by atoms with Gasteiger partial charge in [0.05, 0.1) is 6.61 Å². The standard InChI is InChI=1S/C29H50O7Si/c1-6-34-37(35-7-2,36-8-3)21-17-15-13-11-9-10-12-14-16-20-32-29(31)33-24-28(30)23-27-22-25(4)18-19-26(27)5/h18-19,22H,6-17,20-21,23-24H2,1-5H3. The average molecular weight is 539 g/mol. The molecule has 0 aliphatic rings. The molecule has 1 aromatic carbocycles. The summed E-state index contributed by atoms with van der Waals surface area (Å²) in [6, 6.07) is 6.90. The van der Waals surface area contributed by atoms with Crippen molar-refractivity contribution >= 4 is 20.7 Å². The molecule has 0 N–H and O–H groups in total. The molecule has 0 aliphatic heterocycles. The number of ketones is 1. The van der Waals surface area contributed by atoms with Crippen LogP contribution in [0, 0.1) is 13.8 Å². The first-order valence-electron chi connectivity index (χ1n) is 14.1. The van der Waals surface area contributed by atoms with E-state index in [2.05, 4.69) is 0 Å². The Balaban J connectivity index is 2.01. The third-order valence-corrected chi connectivity index (χ3v) is 9.33. The van der Waals surface area contributed by atoms with Gasteiger partial charge in [0.2, 0.25) is 0 Å². The molecule has 212 valence electrons. The van der Waals surface area contributed by atoms with Crippen LogP contribution in [-0.2, 0) is 34.0 Å². The van der Waals surface area contributed by atoms with Gasteiger partial charge in [-0.2, -0.15) is 0 Å². The van der Waals surface area contributed by atoms with Gasteiger partial charge in [-0.3, -0.25) is 4.79 Å². The van der Waals surface area contributed by atoms with Gasteiger partial charge in [0.1, 0.15) is 0 Å². The van der Waals surface area contributed by atoms with Crippen LogP contribution in [0.1, 0.15) is 95.2 Å². The van der Waals surface area contributed by atoms with E-state index >= 15 is 0 Å². The molecule has 0 bridgehead atoms. The van der Waals surface area contributed by atoms with Gasteiger partial charge in [-0.1, -0.05) is 68.7 Å². The largest absolute Gasteiger partial charge is 0.508 e. The molecule has 0 spiro atoms. The van der Waals surface area contributed by atoms with Crippen LogP contribution in [-0.4, -0.2) is 53.8 Å². The van der Waals surface area contributed by atoms with E-state index in [1.165, 1.54) is 32.1 Å². The Labute approximate surface area is 225 Å². The maximum atomic E-state index is 12.1. The van der Waals surface area contributed by atoms with Gasteiger partial charge in [-0.25, -0.2) is 4.79 Å². The number of Topliss-reactive ketones (excluding diaryl/α,β-unsaturated/α-hetero) is 1. The second kappa shape index (κ2) is 20.2. The van der Waals surface area contributed by atoms with Crippen molar-refractivity contribution in [1.82, 2.24) is 0 Å². The van der Waals surface area contributed by atoms with Crippen molar-refractivity contribution in [3.8, 4) is 0 Å². The summed E-state index contributed by atoms with van der Waals surface area (Å²) in [5.74, 6) is -0.134. The normalized spacial score (nSPS) is 11.5. The Morgan fingerprint density at radius 2 is 1.27 bits per heavy atom. The van der Waals surface area contributed by atoms with Crippen molar-refractivity contribution in [2.45, 2.75) is 105 Å². The number of ether oxygens (including phenoxy) is 2.